The van der Waals surface area contributed by atoms with E-state index in [2.05, 4.69) is 27.7 Å². The molecule has 0 saturated heterocycles. The Kier molecular flexibility index (Phi) is 3.39. The molecule has 1 fully saturated rings. The normalized spacial score (nSPS) is 41.1. The molecule has 0 heterocycles. The van der Waals surface area contributed by atoms with Gasteiger partial charge in [-0.3, -0.25) is 0 Å². The van der Waals surface area contributed by atoms with Gasteiger partial charge in [-0.05, 0) is 37.0 Å². The summed E-state index contributed by atoms with van der Waals surface area (Å²) in [6.07, 6.45) is 4.43. The van der Waals surface area contributed by atoms with Gasteiger partial charge in [0.15, 0.2) is 0 Å². The first-order valence-electron chi connectivity index (χ1n) is 5.72. The van der Waals surface area contributed by atoms with Crippen LogP contribution >= 0.6 is 0 Å². The molecule has 13 heavy (non-hydrogen) atoms. The lowest BCUT2D eigenvalue weighted by Crippen LogP contribution is -2.44. The Morgan fingerprint density at radius 3 is 2.46 bits per heavy atom. The molecule has 1 heteroatoms. The molecule has 3 atom stereocenters. The highest BCUT2D eigenvalue weighted by molar-refractivity contribution is 4.92. The van der Waals surface area contributed by atoms with E-state index in [0.29, 0.717) is 17.8 Å². The van der Waals surface area contributed by atoms with Gasteiger partial charge in [-0.15, -0.1) is 0 Å². The Morgan fingerprint density at radius 2 is 2.00 bits per heavy atom. The smallest absolute Gasteiger partial charge is 0.0678 e. The van der Waals surface area contributed by atoms with Crippen LogP contribution in [0.3, 0.4) is 0 Å². The summed E-state index contributed by atoms with van der Waals surface area (Å²) in [7, 11) is 0. The van der Waals surface area contributed by atoms with E-state index in [0.717, 1.165) is 12.8 Å². The predicted octanol–water partition coefficient (Wildman–Crippen LogP) is 3.22. The van der Waals surface area contributed by atoms with Crippen molar-refractivity contribution in [2.75, 3.05) is 0 Å². The van der Waals surface area contributed by atoms with Crippen LogP contribution in [0.5, 0.6) is 0 Å². The first-order valence-corrected chi connectivity index (χ1v) is 5.72. The molecule has 1 N–H and O–H groups in total. The first-order chi connectivity index (χ1) is 5.99. The number of aliphatic hydroxyl groups is 1. The average Bonchev–Trinajstić information content (AvgIpc) is 2.03. The molecule has 0 aromatic heterocycles. The quantitative estimate of drug-likeness (QED) is 0.698. The summed E-state index contributed by atoms with van der Waals surface area (Å²) in [5, 5.41) is 10.5. The third-order valence-corrected chi connectivity index (χ3v) is 3.78. The zero-order chi connectivity index (χ0) is 10.1. The van der Waals surface area contributed by atoms with Gasteiger partial charge in [-0.2, -0.15) is 0 Å². The Balaban J connectivity index is 2.72. The van der Waals surface area contributed by atoms with Crippen molar-refractivity contribution in [3.05, 3.63) is 0 Å². The molecule has 78 valence electrons. The highest BCUT2D eigenvalue weighted by atomic mass is 16.3. The van der Waals surface area contributed by atoms with Crippen molar-refractivity contribution in [1.82, 2.24) is 0 Å². The topological polar surface area (TPSA) is 20.2 Å². The minimum absolute atomic E-state index is 0.369. The van der Waals surface area contributed by atoms with E-state index in [4.69, 9.17) is 0 Å². The molecule has 1 aliphatic rings. The summed E-state index contributed by atoms with van der Waals surface area (Å²) >= 11 is 0. The molecule has 0 aromatic carbocycles. The second kappa shape index (κ2) is 4.00. The minimum Gasteiger partial charge on any atom is -0.390 e. The molecule has 0 radical (unpaired) electrons. The summed E-state index contributed by atoms with van der Waals surface area (Å²) in [6.45, 7) is 8.85. The van der Waals surface area contributed by atoms with Crippen LogP contribution in [0.25, 0.3) is 0 Å². The first kappa shape index (κ1) is 11.0. The molecule has 1 saturated carbocycles. The minimum atomic E-state index is -0.369. The van der Waals surface area contributed by atoms with Gasteiger partial charge in [0.05, 0.1) is 5.60 Å². The van der Waals surface area contributed by atoms with Crippen molar-refractivity contribution >= 4 is 0 Å². The Hall–Kier alpha value is -0.0400. The van der Waals surface area contributed by atoms with Gasteiger partial charge in [0.1, 0.15) is 0 Å². The van der Waals surface area contributed by atoms with Crippen molar-refractivity contribution in [3.63, 3.8) is 0 Å². The van der Waals surface area contributed by atoms with Crippen LogP contribution in [-0.4, -0.2) is 10.7 Å². The lowest BCUT2D eigenvalue weighted by Gasteiger charge is -2.44. The zero-order valence-corrected chi connectivity index (χ0v) is 9.51. The molecule has 1 rings (SSSR count). The number of hydrogen-bond donors (Lipinski definition) is 1. The van der Waals surface area contributed by atoms with E-state index in [1.807, 2.05) is 0 Å². The molecule has 1 nitrogen and oxygen atoms in total. The fourth-order valence-electron chi connectivity index (χ4n) is 2.95. The molecular formula is C12H24O. The monoisotopic (exact) mass is 184 g/mol. The Labute approximate surface area is 82.5 Å². The molecule has 0 amide bonds. The van der Waals surface area contributed by atoms with Crippen molar-refractivity contribution in [2.45, 2.75) is 59.0 Å². The van der Waals surface area contributed by atoms with Crippen molar-refractivity contribution < 1.29 is 5.11 Å². The SMILES string of the molecule is CC[C@]1(O)C[C@H](C)CC[C@H]1C(C)C. The average molecular weight is 184 g/mol. The largest absolute Gasteiger partial charge is 0.390 e. The van der Waals surface area contributed by atoms with Crippen LogP contribution in [0.4, 0.5) is 0 Å². The third kappa shape index (κ3) is 2.25. The fraction of sp³-hybridized carbons (Fsp3) is 1.00. The van der Waals surface area contributed by atoms with Gasteiger partial charge >= 0.3 is 0 Å². The van der Waals surface area contributed by atoms with Crippen LogP contribution < -0.4 is 0 Å². The molecule has 0 spiro atoms. The van der Waals surface area contributed by atoms with E-state index >= 15 is 0 Å². The van der Waals surface area contributed by atoms with E-state index in [9.17, 15) is 5.11 Å². The third-order valence-electron chi connectivity index (χ3n) is 3.78. The summed E-state index contributed by atoms with van der Waals surface area (Å²) in [6, 6.07) is 0. The van der Waals surface area contributed by atoms with Gasteiger partial charge in [-0.25, -0.2) is 0 Å². The van der Waals surface area contributed by atoms with Gasteiger partial charge < -0.3 is 5.11 Å². The maximum absolute atomic E-state index is 10.5. The molecule has 0 bridgehead atoms. The van der Waals surface area contributed by atoms with Crippen LogP contribution in [0.15, 0.2) is 0 Å². The summed E-state index contributed by atoms with van der Waals surface area (Å²) < 4.78 is 0. The van der Waals surface area contributed by atoms with Gasteiger partial charge in [-0.1, -0.05) is 34.1 Å². The predicted molar refractivity (Wildman–Crippen MR) is 56.6 cm³/mol. The highest BCUT2D eigenvalue weighted by Gasteiger charge is 2.40. The Morgan fingerprint density at radius 1 is 1.38 bits per heavy atom. The molecule has 0 unspecified atom stereocenters. The van der Waals surface area contributed by atoms with Crippen LogP contribution in [-0.2, 0) is 0 Å². The van der Waals surface area contributed by atoms with Crippen molar-refractivity contribution in [1.29, 1.82) is 0 Å². The van der Waals surface area contributed by atoms with E-state index in [1.165, 1.54) is 12.8 Å². The van der Waals surface area contributed by atoms with Crippen LogP contribution in [0.2, 0.25) is 0 Å². The summed E-state index contributed by atoms with van der Waals surface area (Å²) in [4.78, 5) is 0. The van der Waals surface area contributed by atoms with Gasteiger partial charge in [0.25, 0.3) is 0 Å². The van der Waals surface area contributed by atoms with Gasteiger partial charge in [0.2, 0.25) is 0 Å². The van der Waals surface area contributed by atoms with E-state index < -0.39 is 0 Å². The summed E-state index contributed by atoms with van der Waals surface area (Å²) in [5.41, 5.74) is -0.369. The Bertz CT molecular complexity index is 165. The number of rotatable bonds is 2. The number of hydrogen-bond acceptors (Lipinski definition) is 1. The maximum Gasteiger partial charge on any atom is 0.0678 e. The van der Waals surface area contributed by atoms with Gasteiger partial charge in [0, 0.05) is 0 Å². The van der Waals surface area contributed by atoms with Crippen molar-refractivity contribution in [3.8, 4) is 0 Å². The standard InChI is InChI=1S/C12H24O/c1-5-12(13)8-10(4)6-7-11(12)9(2)3/h9-11,13H,5-8H2,1-4H3/t10-,11+,12+/m1/s1. The second-order valence-electron chi connectivity index (χ2n) is 5.19. The molecular weight excluding hydrogens is 160 g/mol. The van der Waals surface area contributed by atoms with Crippen molar-refractivity contribution in [2.24, 2.45) is 17.8 Å². The fourth-order valence-corrected chi connectivity index (χ4v) is 2.95. The zero-order valence-electron chi connectivity index (χ0n) is 9.51. The lowest BCUT2D eigenvalue weighted by molar-refractivity contribution is -0.0824. The lowest BCUT2D eigenvalue weighted by atomic mass is 9.66. The highest BCUT2D eigenvalue weighted by Crippen LogP contribution is 2.42. The van der Waals surface area contributed by atoms with E-state index in [1.54, 1.807) is 0 Å². The molecule has 0 aromatic rings. The van der Waals surface area contributed by atoms with Crippen LogP contribution in [0, 0.1) is 17.8 Å². The van der Waals surface area contributed by atoms with E-state index in [-0.39, 0.29) is 5.60 Å². The molecule has 1 aliphatic carbocycles. The molecule has 0 aliphatic heterocycles. The second-order valence-corrected chi connectivity index (χ2v) is 5.19. The maximum atomic E-state index is 10.5. The summed E-state index contributed by atoms with van der Waals surface area (Å²) in [5.74, 6) is 1.85. The van der Waals surface area contributed by atoms with Crippen LogP contribution in [0.1, 0.15) is 53.4 Å².